The van der Waals surface area contributed by atoms with E-state index in [1.807, 2.05) is 11.6 Å². The lowest BCUT2D eigenvalue weighted by molar-refractivity contribution is -0.135. The molecule has 1 aromatic heterocycles. The van der Waals surface area contributed by atoms with Crippen molar-refractivity contribution >= 4 is 22.4 Å². The van der Waals surface area contributed by atoms with Gasteiger partial charge >= 0.3 is 0 Å². The summed E-state index contributed by atoms with van der Waals surface area (Å²) in [6, 6.07) is 0.489. The summed E-state index contributed by atoms with van der Waals surface area (Å²) in [4.78, 5) is 23.9. The van der Waals surface area contributed by atoms with Crippen LogP contribution in [0.1, 0.15) is 19.8 Å². The Balaban J connectivity index is 1.63. The lowest BCUT2D eigenvalue weighted by atomic mass is 9.97. The molecule has 0 aromatic carbocycles. The SMILES string of the molecule is C[C@@H]1CN(C(=O)[C@@H]2CCCN(c3nccs3)C2)C[C@H]1N(C)C. The second-order valence-corrected chi connectivity index (χ2v) is 7.72. The van der Waals surface area contributed by atoms with Crippen molar-refractivity contribution in [3.63, 3.8) is 0 Å². The zero-order valence-corrected chi connectivity index (χ0v) is 14.6. The van der Waals surface area contributed by atoms with Crippen LogP contribution in [0.25, 0.3) is 0 Å². The average molecular weight is 322 g/mol. The summed E-state index contributed by atoms with van der Waals surface area (Å²) in [6.45, 7) is 5.87. The molecule has 6 heteroatoms. The van der Waals surface area contributed by atoms with Gasteiger partial charge in [0.05, 0.1) is 5.92 Å². The molecule has 5 nitrogen and oxygen atoms in total. The van der Waals surface area contributed by atoms with Crippen molar-refractivity contribution in [2.75, 3.05) is 45.2 Å². The number of hydrogen-bond donors (Lipinski definition) is 0. The molecule has 3 rings (SSSR count). The van der Waals surface area contributed by atoms with Gasteiger partial charge in [-0.25, -0.2) is 4.98 Å². The summed E-state index contributed by atoms with van der Waals surface area (Å²) in [5.74, 6) is 1.03. The molecule has 1 amide bonds. The summed E-state index contributed by atoms with van der Waals surface area (Å²) in [5, 5.41) is 3.06. The molecule has 0 unspecified atom stereocenters. The monoisotopic (exact) mass is 322 g/mol. The Labute approximate surface area is 136 Å². The maximum absolute atomic E-state index is 12.9. The number of likely N-dealkylation sites (tertiary alicyclic amines) is 1. The summed E-state index contributed by atoms with van der Waals surface area (Å²) >= 11 is 1.66. The molecule has 0 radical (unpaired) electrons. The van der Waals surface area contributed by atoms with Crippen LogP contribution in [-0.4, -0.2) is 67.0 Å². The third-order valence-corrected chi connectivity index (χ3v) is 5.84. The molecule has 2 aliphatic heterocycles. The van der Waals surface area contributed by atoms with Crippen LogP contribution in [0.4, 0.5) is 5.13 Å². The van der Waals surface area contributed by atoms with Crippen LogP contribution in [0.15, 0.2) is 11.6 Å². The van der Waals surface area contributed by atoms with Crippen molar-refractivity contribution in [1.82, 2.24) is 14.8 Å². The number of piperidine rings is 1. The Hall–Kier alpha value is -1.14. The molecule has 0 aliphatic carbocycles. The molecular weight excluding hydrogens is 296 g/mol. The van der Waals surface area contributed by atoms with E-state index in [4.69, 9.17) is 0 Å². The molecule has 122 valence electrons. The smallest absolute Gasteiger partial charge is 0.227 e. The summed E-state index contributed by atoms with van der Waals surface area (Å²) in [5.41, 5.74) is 0. The molecular formula is C16H26N4OS. The Kier molecular flexibility index (Phi) is 4.68. The molecule has 3 atom stereocenters. The standard InChI is InChI=1S/C16H26N4OS/c1-12-9-20(11-14(12)18(2)3)15(21)13-5-4-7-19(10-13)16-17-6-8-22-16/h6,8,12-14H,4-5,7,9-11H2,1-3H3/t12-,13-,14-/m1/s1. The number of likely N-dealkylation sites (N-methyl/N-ethyl adjacent to an activating group) is 1. The lowest BCUT2D eigenvalue weighted by Gasteiger charge is -2.34. The molecule has 0 bridgehead atoms. The summed E-state index contributed by atoms with van der Waals surface area (Å²) in [6.07, 6.45) is 3.93. The van der Waals surface area contributed by atoms with Gasteiger partial charge in [0.15, 0.2) is 5.13 Å². The number of aromatic nitrogens is 1. The van der Waals surface area contributed by atoms with Crippen LogP contribution in [0.3, 0.4) is 0 Å². The minimum Gasteiger partial charge on any atom is -0.347 e. The third-order valence-electron chi connectivity index (χ3n) is 5.01. The van der Waals surface area contributed by atoms with Crippen LogP contribution in [0.2, 0.25) is 0 Å². The van der Waals surface area contributed by atoms with E-state index in [1.54, 1.807) is 11.3 Å². The van der Waals surface area contributed by atoms with E-state index >= 15 is 0 Å². The topological polar surface area (TPSA) is 39.7 Å². The number of amides is 1. The second-order valence-electron chi connectivity index (χ2n) is 6.85. The van der Waals surface area contributed by atoms with Gasteiger partial charge < -0.3 is 14.7 Å². The van der Waals surface area contributed by atoms with Crippen molar-refractivity contribution in [3.05, 3.63) is 11.6 Å². The van der Waals surface area contributed by atoms with E-state index < -0.39 is 0 Å². The lowest BCUT2D eigenvalue weighted by Crippen LogP contribution is -2.45. The van der Waals surface area contributed by atoms with Crippen molar-refractivity contribution < 1.29 is 4.79 Å². The third kappa shape index (κ3) is 3.13. The van der Waals surface area contributed by atoms with E-state index in [-0.39, 0.29) is 5.92 Å². The predicted molar refractivity (Wildman–Crippen MR) is 90.3 cm³/mol. The van der Waals surface area contributed by atoms with Gasteiger partial charge in [0, 0.05) is 43.8 Å². The van der Waals surface area contributed by atoms with Gasteiger partial charge in [-0.2, -0.15) is 0 Å². The zero-order valence-electron chi connectivity index (χ0n) is 13.7. The van der Waals surface area contributed by atoms with E-state index in [0.717, 1.165) is 44.2 Å². The first-order valence-electron chi connectivity index (χ1n) is 8.16. The van der Waals surface area contributed by atoms with E-state index in [2.05, 4.69) is 40.7 Å². The van der Waals surface area contributed by atoms with Gasteiger partial charge in [-0.05, 0) is 32.9 Å². The summed E-state index contributed by atoms with van der Waals surface area (Å²) in [7, 11) is 4.22. The maximum atomic E-state index is 12.9. The number of hydrogen-bond acceptors (Lipinski definition) is 5. The Morgan fingerprint density at radius 2 is 2.18 bits per heavy atom. The first-order chi connectivity index (χ1) is 10.6. The largest absolute Gasteiger partial charge is 0.347 e. The van der Waals surface area contributed by atoms with E-state index in [9.17, 15) is 4.79 Å². The number of rotatable bonds is 3. The van der Waals surface area contributed by atoms with Gasteiger partial charge in [-0.3, -0.25) is 4.79 Å². The number of anilines is 1. The molecule has 0 N–H and O–H groups in total. The van der Waals surface area contributed by atoms with Crippen LogP contribution >= 0.6 is 11.3 Å². The van der Waals surface area contributed by atoms with Crippen LogP contribution in [-0.2, 0) is 4.79 Å². The minimum absolute atomic E-state index is 0.130. The fraction of sp³-hybridized carbons (Fsp3) is 0.750. The molecule has 0 spiro atoms. The number of thiazole rings is 1. The van der Waals surface area contributed by atoms with Gasteiger partial charge in [0.2, 0.25) is 5.91 Å². The van der Waals surface area contributed by atoms with Crippen LogP contribution in [0.5, 0.6) is 0 Å². The molecule has 1 aromatic rings. The molecule has 22 heavy (non-hydrogen) atoms. The first-order valence-corrected chi connectivity index (χ1v) is 9.04. The van der Waals surface area contributed by atoms with Crippen LogP contribution < -0.4 is 4.90 Å². The van der Waals surface area contributed by atoms with Gasteiger partial charge in [-0.15, -0.1) is 11.3 Å². The average Bonchev–Trinajstić information content (AvgIpc) is 3.16. The molecule has 2 fully saturated rings. The van der Waals surface area contributed by atoms with Crippen LogP contribution in [0, 0.1) is 11.8 Å². The summed E-state index contributed by atoms with van der Waals surface area (Å²) < 4.78 is 0. The normalized spacial score (nSPS) is 29.4. The van der Waals surface area contributed by atoms with Gasteiger partial charge in [0.25, 0.3) is 0 Å². The highest BCUT2D eigenvalue weighted by molar-refractivity contribution is 7.13. The van der Waals surface area contributed by atoms with E-state index in [1.165, 1.54) is 0 Å². The quantitative estimate of drug-likeness (QED) is 0.850. The zero-order chi connectivity index (χ0) is 15.7. The highest BCUT2D eigenvalue weighted by Gasteiger charge is 2.37. The molecule has 0 saturated carbocycles. The van der Waals surface area contributed by atoms with Crippen molar-refractivity contribution in [1.29, 1.82) is 0 Å². The predicted octanol–water partition coefficient (Wildman–Crippen LogP) is 1.77. The maximum Gasteiger partial charge on any atom is 0.227 e. The number of nitrogens with zero attached hydrogens (tertiary/aromatic N) is 4. The van der Waals surface area contributed by atoms with Crippen molar-refractivity contribution in [2.45, 2.75) is 25.8 Å². The first kappa shape index (κ1) is 15.7. The molecule has 2 aliphatic rings. The molecule has 3 heterocycles. The minimum atomic E-state index is 0.130. The van der Waals surface area contributed by atoms with E-state index in [0.29, 0.717) is 17.9 Å². The fourth-order valence-electron chi connectivity index (χ4n) is 3.78. The fourth-order valence-corrected chi connectivity index (χ4v) is 4.46. The highest BCUT2D eigenvalue weighted by atomic mass is 32.1. The van der Waals surface area contributed by atoms with Gasteiger partial charge in [0.1, 0.15) is 0 Å². The van der Waals surface area contributed by atoms with Crippen molar-refractivity contribution in [3.8, 4) is 0 Å². The van der Waals surface area contributed by atoms with Crippen molar-refractivity contribution in [2.24, 2.45) is 11.8 Å². The Morgan fingerprint density at radius 1 is 1.36 bits per heavy atom. The van der Waals surface area contributed by atoms with Gasteiger partial charge in [-0.1, -0.05) is 6.92 Å². The Morgan fingerprint density at radius 3 is 2.82 bits per heavy atom. The Bertz CT molecular complexity index is 504. The number of carbonyl (C=O) groups is 1. The highest BCUT2D eigenvalue weighted by Crippen LogP contribution is 2.28. The molecule has 2 saturated heterocycles. The number of carbonyl (C=O) groups excluding carboxylic acids is 1. The second kappa shape index (κ2) is 6.54.